The number of guanidine groups is 1. The number of amides is 1. The first-order chi connectivity index (χ1) is 11.7. The van der Waals surface area contributed by atoms with Gasteiger partial charge in [-0.1, -0.05) is 13.3 Å². The van der Waals surface area contributed by atoms with Crippen molar-refractivity contribution in [2.45, 2.75) is 38.9 Å². The number of hydrogen-bond acceptors (Lipinski definition) is 3. The first-order valence-electron chi connectivity index (χ1n) is 8.71. The van der Waals surface area contributed by atoms with Gasteiger partial charge in [-0.2, -0.15) is 13.2 Å². The lowest BCUT2D eigenvalue weighted by atomic mass is 10.2. The highest BCUT2D eigenvalue weighted by Gasteiger charge is 2.41. The number of likely N-dealkylation sites (N-methyl/N-ethyl adjacent to an activating group) is 1. The molecule has 0 aromatic rings. The molecular formula is C16H30F3N5O. The van der Waals surface area contributed by atoms with E-state index in [9.17, 15) is 18.0 Å². The molecule has 0 aromatic heterocycles. The SMILES string of the molecule is CCCCNC(=NCC(=O)N(C)C)N1CCN(C(C)C(F)(F)F)CC1. The Morgan fingerprint density at radius 1 is 1.24 bits per heavy atom. The van der Waals surface area contributed by atoms with Crippen LogP contribution in [0.15, 0.2) is 4.99 Å². The van der Waals surface area contributed by atoms with E-state index in [0.717, 1.165) is 19.4 Å². The zero-order chi connectivity index (χ0) is 19.0. The molecule has 0 aliphatic carbocycles. The molecule has 0 spiro atoms. The normalized spacial score (nSPS) is 18.2. The van der Waals surface area contributed by atoms with Crippen molar-refractivity contribution in [3.63, 3.8) is 0 Å². The Hall–Kier alpha value is -1.51. The van der Waals surface area contributed by atoms with E-state index in [1.165, 1.54) is 16.7 Å². The van der Waals surface area contributed by atoms with Gasteiger partial charge in [0.1, 0.15) is 12.6 Å². The Balaban J connectivity index is 2.67. The van der Waals surface area contributed by atoms with Crippen molar-refractivity contribution in [1.82, 2.24) is 20.0 Å². The monoisotopic (exact) mass is 365 g/mol. The molecule has 1 fully saturated rings. The zero-order valence-electron chi connectivity index (χ0n) is 15.6. The smallest absolute Gasteiger partial charge is 0.356 e. The molecule has 0 radical (unpaired) electrons. The number of carbonyl (C=O) groups is 1. The Kier molecular flexibility index (Phi) is 8.47. The first-order valence-corrected chi connectivity index (χ1v) is 8.71. The third kappa shape index (κ3) is 7.09. The van der Waals surface area contributed by atoms with Crippen molar-refractivity contribution in [3.8, 4) is 0 Å². The van der Waals surface area contributed by atoms with E-state index in [0.29, 0.717) is 32.1 Å². The second-order valence-corrected chi connectivity index (χ2v) is 6.45. The summed E-state index contributed by atoms with van der Waals surface area (Å²) in [7, 11) is 3.33. The van der Waals surface area contributed by atoms with Gasteiger partial charge in [0.2, 0.25) is 5.91 Å². The predicted molar refractivity (Wildman–Crippen MR) is 92.6 cm³/mol. The molecule has 1 N–H and O–H groups in total. The summed E-state index contributed by atoms with van der Waals surface area (Å²) in [6.45, 7) is 5.56. The molecule has 1 rings (SSSR count). The third-order valence-electron chi connectivity index (χ3n) is 4.31. The third-order valence-corrected chi connectivity index (χ3v) is 4.31. The number of nitrogens with zero attached hydrogens (tertiary/aromatic N) is 4. The zero-order valence-corrected chi connectivity index (χ0v) is 15.6. The highest BCUT2D eigenvalue weighted by molar-refractivity contribution is 5.84. The van der Waals surface area contributed by atoms with Crippen molar-refractivity contribution >= 4 is 11.9 Å². The predicted octanol–water partition coefficient (Wildman–Crippen LogP) is 1.39. The number of carbonyl (C=O) groups excluding carboxylic acids is 1. The second-order valence-electron chi connectivity index (χ2n) is 6.45. The van der Waals surface area contributed by atoms with E-state index in [2.05, 4.69) is 17.2 Å². The maximum absolute atomic E-state index is 12.8. The summed E-state index contributed by atoms with van der Waals surface area (Å²) in [5.74, 6) is 0.488. The van der Waals surface area contributed by atoms with Gasteiger partial charge >= 0.3 is 6.18 Å². The highest BCUT2D eigenvalue weighted by Crippen LogP contribution is 2.25. The van der Waals surface area contributed by atoms with E-state index < -0.39 is 12.2 Å². The van der Waals surface area contributed by atoms with Gasteiger partial charge in [-0.25, -0.2) is 4.99 Å². The van der Waals surface area contributed by atoms with Crippen LogP contribution in [0.25, 0.3) is 0 Å². The summed E-state index contributed by atoms with van der Waals surface area (Å²) in [6.07, 6.45) is -2.23. The summed E-state index contributed by atoms with van der Waals surface area (Å²) in [5.41, 5.74) is 0. The Morgan fingerprint density at radius 3 is 2.32 bits per heavy atom. The average molecular weight is 365 g/mol. The van der Waals surface area contributed by atoms with Crippen molar-refractivity contribution in [2.24, 2.45) is 4.99 Å². The largest absolute Gasteiger partial charge is 0.403 e. The van der Waals surface area contributed by atoms with E-state index >= 15 is 0 Å². The minimum absolute atomic E-state index is 0.0284. The van der Waals surface area contributed by atoms with E-state index in [1.54, 1.807) is 14.1 Å². The standard InChI is InChI=1S/C16H30F3N5O/c1-5-6-7-20-15(21-12-14(25)22(3)4)24-10-8-23(9-11-24)13(2)16(17,18)19/h13H,5-12H2,1-4H3,(H,20,21). The van der Waals surface area contributed by atoms with Crippen molar-refractivity contribution in [1.29, 1.82) is 0 Å². The molecule has 146 valence electrons. The van der Waals surface area contributed by atoms with Crippen molar-refractivity contribution in [2.75, 3.05) is 53.4 Å². The van der Waals surface area contributed by atoms with Crippen LogP contribution in [0, 0.1) is 0 Å². The molecule has 25 heavy (non-hydrogen) atoms. The number of nitrogens with one attached hydrogen (secondary N) is 1. The molecule has 1 aliphatic heterocycles. The van der Waals surface area contributed by atoms with Gasteiger partial charge in [-0.3, -0.25) is 9.69 Å². The Bertz CT molecular complexity index is 446. The van der Waals surface area contributed by atoms with Gasteiger partial charge in [0, 0.05) is 46.8 Å². The van der Waals surface area contributed by atoms with Gasteiger partial charge < -0.3 is 15.1 Å². The lowest BCUT2D eigenvalue weighted by molar-refractivity contribution is -0.181. The summed E-state index contributed by atoms with van der Waals surface area (Å²) >= 11 is 0. The topological polar surface area (TPSA) is 51.2 Å². The molecule has 9 heteroatoms. The van der Waals surface area contributed by atoms with Gasteiger partial charge in [-0.05, 0) is 13.3 Å². The Labute approximate surface area is 148 Å². The maximum atomic E-state index is 12.8. The van der Waals surface area contributed by atoms with Gasteiger partial charge in [0.05, 0.1) is 0 Å². The summed E-state index contributed by atoms with van der Waals surface area (Å²) < 4.78 is 38.5. The van der Waals surface area contributed by atoms with Gasteiger partial charge in [0.15, 0.2) is 5.96 Å². The molecule has 1 aliphatic rings. The highest BCUT2D eigenvalue weighted by atomic mass is 19.4. The van der Waals surface area contributed by atoms with Crippen LogP contribution < -0.4 is 5.32 Å². The van der Waals surface area contributed by atoms with Crippen LogP contribution in [0.2, 0.25) is 0 Å². The van der Waals surface area contributed by atoms with E-state index in [-0.39, 0.29) is 12.5 Å². The molecule has 1 unspecified atom stereocenters. The first kappa shape index (κ1) is 21.5. The van der Waals surface area contributed by atoms with Crippen LogP contribution in [-0.2, 0) is 4.79 Å². The Morgan fingerprint density at radius 2 is 1.84 bits per heavy atom. The molecule has 1 atom stereocenters. The number of unbranched alkanes of at least 4 members (excludes halogenated alkanes) is 1. The fourth-order valence-corrected chi connectivity index (χ4v) is 2.46. The average Bonchev–Trinajstić information content (AvgIpc) is 2.56. The number of halogens is 3. The van der Waals surface area contributed by atoms with Crippen LogP contribution in [0.1, 0.15) is 26.7 Å². The summed E-state index contributed by atoms with van der Waals surface area (Å²) in [5, 5.41) is 3.22. The minimum atomic E-state index is -4.21. The van der Waals surface area contributed by atoms with E-state index in [1.807, 2.05) is 4.90 Å². The van der Waals surface area contributed by atoms with Gasteiger partial charge in [-0.15, -0.1) is 0 Å². The van der Waals surface area contributed by atoms with Crippen LogP contribution in [-0.4, -0.2) is 92.1 Å². The molecule has 1 saturated heterocycles. The lowest BCUT2D eigenvalue weighted by Gasteiger charge is -2.39. The molecule has 0 aromatic carbocycles. The number of rotatable bonds is 6. The lowest BCUT2D eigenvalue weighted by Crippen LogP contribution is -2.57. The quantitative estimate of drug-likeness (QED) is 0.439. The van der Waals surface area contributed by atoms with Crippen molar-refractivity contribution in [3.05, 3.63) is 0 Å². The molecule has 6 nitrogen and oxygen atoms in total. The molecule has 0 bridgehead atoms. The number of alkyl halides is 3. The fourth-order valence-electron chi connectivity index (χ4n) is 2.46. The molecular weight excluding hydrogens is 335 g/mol. The molecule has 1 heterocycles. The van der Waals surface area contributed by atoms with Gasteiger partial charge in [0.25, 0.3) is 0 Å². The second kappa shape index (κ2) is 9.84. The fraction of sp³-hybridized carbons (Fsp3) is 0.875. The van der Waals surface area contributed by atoms with Crippen molar-refractivity contribution < 1.29 is 18.0 Å². The van der Waals surface area contributed by atoms with Crippen LogP contribution in [0.3, 0.4) is 0 Å². The van der Waals surface area contributed by atoms with Crippen LogP contribution in [0.5, 0.6) is 0 Å². The van der Waals surface area contributed by atoms with Crippen LogP contribution in [0.4, 0.5) is 13.2 Å². The number of aliphatic imine (C=N–C) groups is 1. The summed E-state index contributed by atoms with van der Waals surface area (Å²) in [4.78, 5) is 20.9. The number of piperazine rings is 1. The molecule has 1 amide bonds. The van der Waals surface area contributed by atoms with E-state index in [4.69, 9.17) is 0 Å². The minimum Gasteiger partial charge on any atom is -0.356 e. The van der Waals surface area contributed by atoms with Crippen LogP contribution >= 0.6 is 0 Å². The molecule has 0 saturated carbocycles. The number of hydrogen-bond donors (Lipinski definition) is 1. The maximum Gasteiger partial charge on any atom is 0.403 e. The summed E-state index contributed by atoms with van der Waals surface area (Å²) in [6, 6.07) is -1.45.